The quantitative estimate of drug-likeness (QED) is 0.772. The Hall–Kier alpha value is -1.52. The summed E-state index contributed by atoms with van der Waals surface area (Å²) in [6.45, 7) is 0.826. The highest BCUT2D eigenvalue weighted by molar-refractivity contribution is 9.10. The van der Waals surface area contributed by atoms with Gasteiger partial charge in [0.15, 0.2) is 5.78 Å². The zero-order chi connectivity index (χ0) is 14.5. The van der Waals surface area contributed by atoms with Gasteiger partial charge in [-0.05, 0) is 36.9 Å². The molecule has 0 amide bonds. The molecule has 2 aromatic rings. The lowest BCUT2D eigenvalue weighted by Crippen LogP contribution is -2.26. The van der Waals surface area contributed by atoms with Gasteiger partial charge >= 0.3 is 0 Å². The summed E-state index contributed by atoms with van der Waals surface area (Å²) in [5.41, 5.74) is 1.25. The third kappa shape index (κ3) is 3.99. The number of carbonyl (C=O) groups is 1. The van der Waals surface area contributed by atoms with Gasteiger partial charge in [-0.2, -0.15) is 0 Å². The van der Waals surface area contributed by atoms with Crippen molar-refractivity contribution in [3.8, 4) is 0 Å². The van der Waals surface area contributed by atoms with Crippen molar-refractivity contribution in [1.82, 2.24) is 4.90 Å². The third-order valence-corrected chi connectivity index (χ3v) is 3.42. The Morgan fingerprint density at radius 1 is 1.20 bits per heavy atom. The summed E-state index contributed by atoms with van der Waals surface area (Å²) in [7, 11) is 1.85. The highest BCUT2D eigenvalue weighted by atomic mass is 79.9. The maximum absolute atomic E-state index is 13.5. The number of Topliss-reactive ketones (excluding diaryl/α,β-unsaturated/α-hetero) is 1. The topological polar surface area (TPSA) is 20.3 Å². The minimum atomic E-state index is -0.464. The first-order chi connectivity index (χ1) is 9.56. The minimum absolute atomic E-state index is 0.147. The van der Waals surface area contributed by atoms with Crippen LogP contribution >= 0.6 is 15.9 Å². The van der Waals surface area contributed by atoms with Gasteiger partial charge in [-0.15, -0.1) is 0 Å². The van der Waals surface area contributed by atoms with E-state index < -0.39 is 5.82 Å². The van der Waals surface area contributed by atoms with E-state index in [9.17, 15) is 9.18 Å². The van der Waals surface area contributed by atoms with Gasteiger partial charge in [0.25, 0.3) is 0 Å². The number of hydrogen-bond donors (Lipinski definition) is 0. The monoisotopic (exact) mass is 335 g/mol. The van der Waals surface area contributed by atoms with Crippen LogP contribution in [0.15, 0.2) is 53.0 Å². The highest BCUT2D eigenvalue weighted by Gasteiger charge is 2.13. The Morgan fingerprint density at radius 2 is 1.95 bits per heavy atom. The van der Waals surface area contributed by atoms with E-state index in [-0.39, 0.29) is 17.9 Å². The Bertz CT molecular complexity index is 615. The Morgan fingerprint density at radius 3 is 2.65 bits per heavy atom. The molecule has 0 saturated carbocycles. The number of benzene rings is 2. The number of likely N-dealkylation sites (N-methyl/N-ethyl adjacent to an activating group) is 1. The lowest BCUT2D eigenvalue weighted by atomic mass is 10.1. The standard InChI is InChI=1S/C16H15BrFNO/c1-19(10-12-5-4-6-13(17)9-12)11-16(20)14-7-2-3-8-15(14)18/h2-9H,10-11H2,1H3. The number of ketones is 1. The average molecular weight is 336 g/mol. The van der Waals surface area contributed by atoms with Crippen LogP contribution in [-0.4, -0.2) is 24.3 Å². The fourth-order valence-corrected chi connectivity index (χ4v) is 2.47. The van der Waals surface area contributed by atoms with Crippen molar-refractivity contribution >= 4 is 21.7 Å². The van der Waals surface area contributed by atoms with Gasteiger partial charge in [0, 0.05) is 11.0 Å². The van der Waals surface area contributed by atoms with Gasteiger partial charge in [0.1, 0.15) is 5.82 Å². The summed E-state index contributed by atoms with van der Waals surface area (Å²) < 4.78 is 14.5. The number of rotatable bonds is 5. The molecule has 0 aromatic heterocycles. The van der Waals surface area contributed by atoms with Gasteiger partial charge in [0.2, 0.25) is 0 Å². The van der Waals surface area contributed by atoms with Crippen LogP contribution in [0.2, 0.25) is 0 Å². The zero-order valence-electron chi connectivity index (χ0n) is 11.1. The molecular weight excluding hydrogens is 321 g/mol. The maximum atomic E-state index is 13.5. The molecule has 0 aliphatic heterocycles. The van der Waals surface area contributed by atoms with Crippen LogP contribution < -0.4 is 0 Å². The van der Waals surface area contributed by atoms with E-state index in [0.717, 1.165) is 10.0 Å². The lowest BCUT2D eigenvalue weighted by Gasteiger charge is -2.16. The molecule has 20 heavy (non-hydrogen) atoms. The van der Waals surface area contributed by atoms with E-state index >= 15 is 0 Å². The molecule has 2 rings (SSSR count). The molecule has 104 valence electrons. The molecular formula is C16H15BrFNO. The largest absolute Gasteiger partial charge is 0.295 e. The summed E-state index contributed by atoms with van der Waals surface area (Å²) in [6, 6.07) is 14.0. The molecule has 0 saturated heterocycles. The molecule has 0 unspecified atom stereocenters. The average Bonchev–Trinajstić information content (AvgIpc) is 2.38. The van der Waals surface area contributed by atoms with E-state index in [1.54, 1.807) is 12.1 Å². The van der Waals surface area contributed by atoms with Crippen molar-refractivity contribution in [1.29, 1.82) is 0 Å². The number of halogens is 2. The van der Waals surface area contributed by atoms with Gasteiger partial charge in [-0.3, -0.25) is 9.69 Å². The second kappa shape index (κ2) is 6.77. The molecule has 0 fully saturated rings. The van der Waals surface area contributed by atoms with E-state index in [1.165, 1.54) is 12.1 Å². The smallest absolute Gasteiger partial charge is 0.179 e. The first-order valence-corrected chi connectivity index (χ1v) is 7.06. The van der Waals surface area contributed by atoms with Crippen LogP contribution in [0, 0.1) is 5.82 Å². The van der Waals surface area contributed by atoms with E-state index in [0.29, 0.717) is 6.54 Å². The molecule has 0 heterocycles. The normalized spacial score (nSPS) is 10.8. The third-order valence-electron chi connectivity index (χ3n) is 2.93. The molecule has 0 spiro atoms. The number of nitrogens with zero attached hydrogens (tertiary/aromatic N) is 1. The van der Waals surface area contributed by atoms with E-state index in [4.69, 9.17) is 0 Å². The Labute approximate surface area is 126 Å². The summed E-state index contributed by atoms with van der Waals surface area (Å²) >= 11 is 3.41. The fourth-order valence-electron chi connectivity index (χ4n) is 2.02. The van der Waals surface area contributed by atoms with Crippen molar-refractivity contribution in [2.75, 3.05) is 13.6 Å². The van der Waals surface area contributed by atoms with Crippen molar-refractivity contribution in [3.63, 3.8) is 0 Å². The summed E-state index contributed by atoms with van der Waals surface area (Å²) in [5, 5.41) is 0. The van der Waals surface area contributed by atoms with Crippen LogP contribution in [0.4, 0.5) is 4.39 Å². The van der Waals surface area contributed by atoms with Crippen LogP contribution in [0.3, 0.4) is 0 Å². The highest BCUT2D eigenvalue weighted by Crippen LogP contribution is 2.13. The lowest BCUT2D eigenvalue weighted by molar-refractivity contribution is 0.0939. The van der Waals surface area contributed by atoms with Crippen LogP contribution in [-0.2, 0) is 6.54 Å². The van der Waals surface area contributed by atoms with Crippen molar-refractivity contribution in [2.45, 2.75) is 6.54 Å². The second-order valence-electron chi connectivity index (χ2n) is 4.71. The number of carbonyl (C=O) groups excluding carboxylic acids is 1. The van der Waals surface area contributed by atoms with Crippen LogP contribution in [0.5, 0.6) is 0 Å². The maximum Gasteiger partial charge on any atom is 0.179 e. The molecule has 0 aliphatic carbocycles. The van der Waals surface area contributed by atoms with Gasteiger partial charge in [-0.1, -0.05) is 40.2 Å². The molecule has 2 aromatic carbocycles. The summed E-state index contributed by atoms with van der Waals surface area (Å²) in [4.78, 5) is 13.9. The van der Waals surface area contributed by atoms with Crippen molar-refractivity contribution in [2.24, 2.45) is 0 Å². The SMILES string of the molecule is CN(CC(=O)c1ccccc1F)Cc1cccc(Br)c1. The molecule has 0 aliphatic rings. The first-order valence-electron chi connectivity index (χ1n) is 6.27. The van der Waals surface area contributed by atoms with E-state index in [1.807, 2.05) is 36.2 Å². The predicted octanol–water partition coefficient (Wildman–Crippen LogP) is 3.90. The van der Waals surface area contributed by atoms with E-state index in [2.05, 4.69) is 15.9 Å². The van der Waals surface area contributed by atoms with Gasteiger partial charge in [0.05, 0.1) is 12.1 Å². The first kappa shape index (κ1) is 14.9. The van der Waals surface area contributed by atoms with Crippen LogP contribution in [0.1, 0.15) is 15.9 Å². The predicted molar refractivity (Wildman–Crippen MR) is 81.2 cm³/mol. The Kier molecular flexibility index (Phi) is 5.04. The fraction of sp³-hybridized carbons (Fsp3) is 0.188. The molecule has 0 atom stereocenters. The molecule has 0 bridgehead atoms. The second-order valence-corrected chi connectivity index (χ2v) is 5.62. The molecule has 0 N–H and O–H groups in total. The molecule has 0 radical (unpaired) electrons. The van der Waals surface area contributed by atoms with Gasteiger partial charge < -0.3 is 0 Å². The molecule has 4 heteroatoms. The van der Waals surface area contributed by atoms with Crippen LogP contribution in [0.25, 0.3) is 0 Å². The van der Waals surface area contributed by atoms with Crippen molar-refractivity contribution in [3.05, 3.63) is 69.9 Å². The Balaban J connectivity index is 2.00. The zero-order valence-corrected chi connectivity index (χ0v) is 12.7. The summed E-state index contributed by atoms with van der Waals surface area (Å²) in [5.74, 6) is -0.672. The van der Waals surface area contributed by atoms with Crippen molar-refractivity contribution < 1.29 is 9.18 Å². The molecule has 2 nitrogen and oxygen atoms in total. The number of hydrogen-bond acceptors (Lipinski definition) is 2. The van der Waals surface area contributed by atoms with Gasteiger partial charge in [-0.25, -0.2) is 4.39 Å². The minimum Gasteiger partial charge on any atom is -0.295 e. The summed E-state index contributed by atoms with van der Waals surface area (Å²) in [6.07, 6.45) is 0.